The molecule has 3 rings (SSSR count). The van der Waals surface area contributed by atoms with Crippen molar-refractivity contribution in [1.82, 2.24) is 4.98 Å². The number of pyridine rings is 1. The van der Waals surface area contributed by atoms with E-state index in [1.165, 1.54) is 7.11 Å². The minimum atomic E-state index is -0.342. The fraction of sp³-hybridized carbons (Fsp3) is 0.158. The third kappa shape index (κ3) is 2.46. The van der Waals surface area contributed by atoms with Gasteiger partial charge in [-0.1, -0.05) is 35.9 Å². The Hall–Kier alpha value is -2.68. The Bertz CT molecular complexity index is 868. The molecule has 0 N–H and O–H groups in total. The van der Waals surface area contributed by atoms with Crippen molar-refractivity contribution in [3.63, 3.8) is 0 Å². The van der Waals surface area contributed by atoms with E-state index in [1.54, 1.807) is 0 Å². The fourth-order valence-corrected chi connectivity index (χ4v) is 2.60. The highest BCUT2D eigenvalue weighted by Crippen LogP contribution is 2.28. The number of hydrogen-bond donors (Lipinski definition) is 0. The zero-order valence-corrected chi connectivity index (χ0v) is 12.9. The second-order valence-corrected chi connectivity index (χ2v) is 5.38. The molecule has 0 radical (unpaired) electrons. The summed E-state index contributed by atoms with van der Waals surface area (Å²) in [5, 5.41) is 0.809. The highest BCUT2D eigenvalue weighted by atomic mass is 16.5. The van der Waals surface area contributed by atoms with Crippen molar-refractivity contribution in [2.45, 2.75) is 13.8 Å². The van der Waals surface area contributed by atoms with Crippen molar-refractivity contribution in [1.29, 1.82) is 0 Å². The Labute approximate surface area is 129 Å². The number of ether oxygens (including phenoxy) is 1. The number of nitrogens with zero attached hydrogens (tertiary/aromatic N) is 1. The molecule has 0 saturated carbocycles. The number of aryl methyl sites for hydroxylation is 2. The topological polar surface area (TPSA) is 39.2 Å². The minimum Gasteiger partial charge on any atom is -0.465 e. The predicted octanol–water partition coefficient (Wildman–Crippen LogP) is 4.31. The van der Waals surface area contributed by atoms with E-state index in [4.69, 9.17) is 9.72 Å². The first-order valence-electron chi connectivity index (χ1n) is 7.16. The molecule has 0 aliphatic carbocycles. The molecule has 3 heteroatoms. The van der Waals surface area contributed by atoms with Crippen LogP contribution in [0.15, 0.2) is 48.5 Å². The zero-order valence-electron chi connectivity index (χ0n) is 12.9. The van der Waals surface area contributed by atoms with E-state index >= 15 is 0 Å². The second-order valence-electron chi connectivity index (χ2n) is 5.38. The Morgan fingerprint density at radius 3 is 2.59 bits per heavy atom. The molecule has 0 aliphatic rings. The molecule has 0 atom stereocenters. The van der Waals surface area contributed by atoms with E-state index in [-0.39, 0.29) is 5.97 Å². The fourth-order valence-electron chi connectivity index (χ4n) is 2.60. The van der Waals surface area contributed by atoms with Gasteiger partial charge in [-0.15, -0.1) is 0 Å². The van der Waals surface area contributed by atoms with Gasteiger partial charge in [0.25, 0.3) is 0 Å². The van der Waals surface area contributed by atoms with Gasteiger partial charge < -0.3 is 4.74 Å². The maximum Gasteiger partial charge on any atom is 0.338 e. The maximum absolute atomic E-state index is 12.1. The van der Waals surface area contributed by atoms with Gasteiger partial charge in [-0.25, -0.2) is 9.78 Å². The normalized spacial score (nSPS) is 10.7. The molecule has 3 nitrogen and oxygen atoms in total. The van der Waals surface area contributed by atoms with Gasteiger partial charge >= 0.3 is 5.97 Å². The van der Waals surface area contributed by atoms with Gasteiger partial charge in [0.1, 0.15) is 0 Å². The molecule has 22 heavy (non-hydrogen) atoms. The van der Waals surface area contributed by atoms with E-state index in [1.807, 2.05) is 44.2 Å². The van der Waals surface area contributed by atoms with Gasteiger partial charge in [-0.05, 0) is 37.6 Å². The van der Waals surface area contributed by atoms with Crippen molar-refractivity contribution in [3.05, 3.63) is 65.2 Å². The lowest BCUT2D eigenvalue weighted by Crippen LogP contribution is -2.04. The Kier molecular flexibility index (Phi) is 3.63. The number of carbonyl (C=O) groups excluding carboxylic acids is 1. The summed E-state index contributed by atoms with van der Waals surface area (Å²) in [5.41, 5.74) is 5.46. The zero-order chi connectivity index (χ0) is 15.7. The molecule has 2 aromatic carbocycles. The average molecular weight is 291 g/mol. The molecule has 0 unspecified atom stereocenters. The molecule has 0 amide bonds. The molecular formula is C19H17NO2. The number of hydrogen-bond acceptors (Lipinski definition) is 3. The Morgan fingerprint density at radius 1 is 1.05 bits per heavy atom. The van der Waals surface area contributed by atoms with Crippen molar-refractivity contribution < 1.29 is 9.53 Å². The molecule has 1 heterocycles. The number of benzene rings is 2. The third-order valence-corrected chi connectivity index (χ3v) is 3.79. The van der Waals surface area contributed by atoms with Crippen LogP contribution in [0.4, 0.5) is 0 Å². The van der Waals surface area contributed by atoms with Crippen molar-refractivity contribution >= 4 is 16.9 Å². The van der Waals surface area contributed by atoms with Crippen LogP contribution in [-0.4, -0.2) is 18.1 Å². The van der Waals surface area contributed by atoms with E-state index in [0.29, 0.717) is 5.56 Å². The molecule has 110 valence electrons. The van der Waals surface area contributed by atoms with E-state index in [9.17, 15) is 4.79 Å². The molecule has 0 aliphatic heterocycles. The van der Waals surface area contributed by atoms with Crippen LogP contribution in [-0.2, 0) is 4.74 Å². The van der Waals surface area contributed by atoms with E-state index in [0.717, 1.165) is 33.3 Å². The highest BCUT2D eigenvalue weighted by Gasteiger charge is 2.15. The monoisotopic (exact) mass is 291 g/mol. The summed E-state index contributed by atoms with van der Waals surface area (Å²) in [5.74, 6) is -0.342. The van der Waals surface area contributed by atoms with Crippen LogP contribution in [0, 0.1) is 13.8 Å². The maximum atomic E-state index is 12.1. The van der Waals surface area contributed by atoms with Crippen molar-refractivity contribution in [2.24, 2.45) is 0 Å². The lowest BCUT2D eigenvalue weighted by Gasteiger charge is -2.11. The van der Waals surface area contributed by atoms with E-state index in [2.05, 4.69) is 18.2 Å². The Balaban J connectivity index is 2.31. The SMILES string of the molecule is COC(=O)c1cc(-c2cc(C)ccc2C)nc2ccccc12. The molecule has 0 fully saturated rings. The Morgan fingerprint density at radius 2 is 1.82 bits per heavy atom. The van der Waals surface area contributed by atoms with Gasteiger partial charge in [0.05, 0.1) is 23.9 Å². The summed E-state index contributed by atoms with van der Waals surface area (Å²) >= 11 is 0. The average Bonchev–Trinajstić information content (AvgIpc) is 2.55. The standard InChI is InChI=1S/C19H17NO2/c1-12-8-9-13(2)15(10-12)18-11-16(19(21)22-3)14-6-4-5-7-17(14)20-18/h4-11H,1-3H3. The molecule has 1 aromatic heterocycles. The number of para-hydroxylation sites is 1. The first-order valence-corrected chi connectivity index (χ1v) is 7.16. The lowest BCUT2D eigenvalue weighted by molar-refractivity contribution is 0.0603. The number of fused-ring (bicyclic) bond motifs is 1. The molecule has 0 spiro atoms. The van der Waals surface area contributed by atoms with Gasteiger partial charge in [-0.2, -0.15) is 0 Å². The first-order chi connectivity index (χ1) is 10.6. The minimum absolute atomic E-state index is 0.342. The molecule has 0 bridgehead atoms. The molecule has 0 saturated heterocycles. The quantitative estimate of drug-likeness (QED) is 0.661. The van der Waals surface area contributed by atoms with Crippen LogP contribution in [0.2, 0.25) is 0 Å². The van der Waals surface area contributed by atoms with Crippen LogP contribution >= 0.6 is 0 Å². The second kappa shape index (κ2) is 5.60. The number of methoxy groups -OCH3 is 1. The predicted molar refractivity (Wildman–Crippen MR) is 88.0 cm³/mol. The summed E-state index contributed by atoms with van der Waals surface area (Å²) < 4.78 is 4.92. The highest BCUT2D eigenvalue weighted by molar-refractivity contribution is 6.04. The van der Waals surface area contributed by atoms with Crippen molar-refractivity contribution in [3.8, 4) is 11.3 Å². The van der Waals surface area contributed by atoms with Gasteiger partial charge in [0, 0.05) is 10.9 Å². The van der Waals surface area contributed by atoms with E-state index < -0.39 is 0 Å². The smallest absolute Gasteiger partial charge is 0.338 e. The summed E-state index contributed by atoms with van der Waals surface area (Å²) in [7, 11) is 1.40. The molecule has 3 aromatic rings. The summed E-state index contributed by atoms with van der Waals surface area (Å²) in [6.45, 7) is 4.09. The number of aromatic nitrogens is 1. The molecular weight excluding hydrogens is 274 g/mol. The van der Waals surface area contributed by atoms with Crippen molar-refractivity contribution in [2.75, 3.05) is 7.11 Å². The van der Waals surface area contributed by atoms with Gasteiger partial charge in [-0.3, -0.25) is 0 Å². The lowest BCUT2D eigenvalue weighted by atomic mass is 9.99. The largest absolute Gasteiger partial charge is 0.465 e. The summed E-state index contributed by atoms with van der Waals surface area (Å²) in [6.07, 6.45) is 0. The van der Waals surface area contributed by atoms with Crippen LogP contribution < -0.4 is 0 Å². The number of rotatable bonds is 2. The van der Waals surface area contributed by atoms with Gasteiger partial charge in [0.15, 0.2) is 0 Å². The van der Waals surface area contributed by atoms with Crippen LogP contribution in [0.3, 0.4) is 0 Å². The number of esters is 1. The van der Waals surface area contributed by atoms with Crippen LogP contribution in [0.25, 0.3) is 22.2 Å². The van der Waals surface area contributed by atoms with Gasteiger partial charge in [0.2, 0.25) is 0 Å². The summed E-state index contributed by atoms with van der Waals surface area (Å²) in [4.78, 5) is 16.8. The number of carbonyl (C=O) groups is 1. The first kappa shape index (κ1) is 14.3. The third-order valence-electron chi connectivity index (χ3n) is 3.79. The van der Waals surface area contributed by atoms with Crippen LogP contribution in [0.1, 0.15) is 21.5 Å². The summed E-state index contributed by atoms with van der Waals surface area (Å²) in [6, 6.07) is 15.7. The van der Waals surface area contributed by atoms with Crippen LogP contribution in [0.5, 0.6) is 0 Å².